The molecule has 0 saturated heterocycles. The van der Waals surface area contributed by atoms with Crippen LogP contribution in [0.5, 0.6) is 0 Å². The zero-order valence-electron chi connectivity index (χ0n) is 10.9. The summed E-state index contributed by atoms with van der Waals surface area (Å²) in [6, 6.07) is 6.05. The van der Waals surface area contributed by atoms with Crippen LogP contribution in [0, 0.1) is 5.41 Å². The fourth-order valence-electron chi connectivity index (χ4n) is 3.18. The summed E-state index contributed by atoms with van der Waals surface area (Å²) in [5.41, 5.74) is 1.71. The SMILES string of the molecule is CNCC1(Cc2ccc(Cl)c(Cl)c2)CCCCC1. The zero-order chi connectivity index (χ0) is 13.0. The maximum absolute atomic E-state index is 6.11. The predicted molar refractivity (Wildman–Crippen MR) is 79.6 cm³/mol. The van der Waals surface area contributed by atoms with E-state index >= 15 is 0 Å². The molecule has 1 fully saturated rings. The van der Waals surface area contributed by atoms with Gasteiger partial charge in [0.25, 0.3) is 0 Å². The van der Waals surface area contributed by atoms with Crippen LogP contribution in [0.2, 0.25) is 10.0 Å². The number of benzene rings is 1. The monoisotopic (exact) mass is 285 g/mol. The number of hydrogen-bond donors (Lipinski definition) is 1. The minimum Gasteiger partial charge on any atom is -0.319 e. The summed E-state index contributed by atoms with van der Waals surface area (Å²) in [5.74, 6) is 0. The van der Waals surface area contributed by atoms with Crippen molar-refractivity contribution in [1.82, 2.24) is 5.32 Å². The fraction of sp³-hybridized carbons (Fsp3) is 0.600. The van der Waals surface area contributed by atoms with Gasteiger partial charge in [0.2, 0.25) is 0 Å². The predicted octanol–water partition coefficient (Wildman–Crippen LogP) is 4.71. The van der Waals surface area contributed by atoms with Gasteiger partial charge in [-0.25, -0.2) is 0 Å². The first kappa shape index (κ1) is 14.2. The number of hydrogen-bond acceptors (Lipinski definition) is 1. The van der Waals surface area contributed by atoms with E-state index in [1.807, 2.05) is 19.2 Å². The van der Waals surface area contributed by atoms with Gasteiger partial charge in [-0.1, -0.05) is 48.5 Å². The highest BCUT2D eigenvalue weighted by atomic mass is 35.5. The maximum atomic E-state index is 6.11. The Balaban J connectivity index is 2.14. The highest BCUT2D eigenvalue weighted by molar-refractivity contribution is 6.42. The van der Waals surface area contributed by atoms with Crippen LogP contribution in [0.15, 0.2) is 18.2 Å². The molecule has 0 radical (unpaired) electrons. The van der Waals surface area contributed by atoms with Gasteiger partial charge in [-0.05, 0) is 49.4 Å². The standard InChI is InChI=1S/C15H21Cl2N/c1-18-11-15(7-3-2-4-8-15)10-12-5-6-13(16)14(17)9-12/h5-6,9,18H,2-4,7-8,10-11H2,1H3. The van der Waals surface area contributed by atoms with Crippen molar-refractivity contribution in [1.29, 1.82) is 0 Å². The molecule has 1 saturated carbocycles. The molecule has 1 aliphatic rings. The van der Waals surface area contributed by atoms with Gasteiger partial charge in [0.15, 0.2) is 0 Å². The highest BCUT2D eigenvalue weighted by Crippen LogP contribution is 2.39. The average Bonchev–Trinajstić information content (AvgIpc) is 2.35. The largest absolute Gasteiger partial charge is 0.319 e. The second-order valence-corrected chi connectivity index (χ2v) is 6.33. The normalized spacial score (nSPS) is 18.8. The molecular formula is C15H21Cl2N. The third-order valence-corrected chi connectivity index (χ3v) is 4.77. The van der Waals surface area contributed by atoms with Crippen LogP contribution in [0.3, 0.4) is 0 Å². The Kier molecular flexibility index (Phi) is 4.94. The molecule has 1 aliphatic carbocycles. The molecule has 0 spiro atoms. The summed E-state index contributed by atoms with van der Waals surface area (Å²) in [5, 5.41) is 4.68. The molecule has 1 N–H and O–H groups in total. The Morgan fingerprint density at radius 1 is 1.11 bits per heavy atom. The molecule has 100 valence electrons. The first-order valence-electron chi connectivity index (χ1n) is 6.74. The van der Waals surface area contributed by atoms with E-state index in [0.29, 0.717) is 15.5 Å². The van der Waals surface area contributed by atoms with Crippen LogP contribution in [0.4, 0.5) is 0 Å². The average molecular weight is 286 g/mol. The van der Waals surface area contributed by atoms with E-state index in [0.717, 1.165) is 13.0 Å². The van der Waals surface area contributed by atoms with Crippen LogP contribution in [0.1, 0.15) is 37.7 Å². The Hall–Kier alpha value is -0.240. The van der Waals surface area contributed by atoms with Gasteiger partial charge in [0.1, 0.15) is 0 Å². The molecule has 0 atom stereocenters. The van der Waals surface area contributed by atoms with E-state index in [4.69, 9.17) is 23.2 Å². The number of halogens is 2. The number of nitrogens with one attached hydrogen (secondary N) is 1. The van der Waals surface area contributed by atoms with E-state index in [1.165, 1.54) is 37.7 Å². The highest BCUT2D eigenvalue weighted by Gasteiger charge is 2.31. The second-order valence-electron chi connectivity index (χ2n) is 5.52. The van der Waals surface area contributed by atoms with Crippen molar-refractivity contribution in [3.8, 4) is 0 Å². The summed E-state index contributed by atoms with van der Waals surface area (Å²) in [6.07, 6.45) is 7.81. The van der Waals surface area contributed by atoms with Crippen LogP contribution in [0.25, 0.3) is 0 Å². The van der Waals surface area contributed by atoms with Crippen molar-refractivity contribution in [2.75, 3.05) is 13.6 Å². The van der Waals surface area contributed by atoms with Crippen molar-refractivity contribution in [2.24, 2.45) is 5.41 Å². The summed E-state index contributed by atoms with van der Waals surface area (Å²) in [6.45, 7) is 1.09. The Morgan fingerprint density at radius 3 is 2.44 bits per heavy atom. The molecule has 18 heavy (non-hydrogen) atoms. The van der Waals surface area contributed by atoms with E-state index in [-0.39, 0.29) is 0 Å². The van der Waals surface area contributed by atoms with E-state index < -0.39 is 0 Å². The Labute approximate surface area is 120 Å². The molecule has 0 aliphatic heterocycles. The molecule has 0 unspecified atom stereocenters. The molecule has 0 aromatic heterocycles. The van der Waals surface area contributed by atoms with Crippen molar-refractivity contribution in [3.05, 3.63) is 33.8 Å². The van der Waals surface area contributed by atoms with Gasteiger partial charge in [0.05, 0.1) is 10.0 Å². The smallest absolute Gasteiger partial charge is 0.0595 e. The van der Waals surface area contributed by atoms with Crippen molar-refractivity contribution in [3.63, 3.8) is 0 Å². The van der Waals surface area contributed by atoms with Gasteiger partial charge in [-0.2, -0.15) is 0 Å². The Morgan fingerprint density at radius 2 is 1.83 bits per heavy atom. The van der Waals surface area contributed by atoms with Crippen LogP contribution < -0.4 is 5.32 Å². The lowest BCUT2D eigenvalue weighted by atomic mass is 9.70. The molecule has 0 amide bonds. The minimum absolute atomic E-state index is 0.407. The van der Waals surface area contributed by atoms with Crippen LogP contribution in [-0.4, -0.2) is 13.6 Å². The van der Waals surface area contributed by atoms with Crippen LogP contribution >= 0.6 is 23.2 Å². The van der Waals surface area contributed by atoms with E-state index in [1.54, 1.807) is 0 Å². The Bertz CT molecular complexity index is 392. The van der Waals surface area contributed by atoms with Gasteiger partial charge in [-0.15, -0.1) is 0 Å². The summed E-state index contributed by atoms with van der Waals surface area (Å²) in [7, 11) is 2.05. The molecule has 3 heteroatoms. The maximum Gasteiger partial charge on any atom is 0.0595 e. The lowest BCUT2D eigenvalue weighted by Crippen LogP contribution is -2.36. The van der Waals surface area contributed by atoms with Gasteiger partial charge >= 0.3 is 0 Å². The molecule has 0 heterocycles. The molecule has 1 aromatic carbocycles. The van der Waals surface area contributed by atoms with E-state index in [2.05, 4.69) is 11.4 Å². The van der Waals surface area contributed by atoms with Crippen molar-refractivity contribution < 1.29 is 0 Å². The summed E-state index contributed by atoms with van der Waals surface area (Å²) in [4.78, 5) is 0. The van der Waals surface area contributed by atoms with Gasteiger partial charge in [-0.3, -0.25) is 0 Å². The fourth-order valence-corrected chi connectivity index (χ4v) is 3.50. The third-order valence-electron chi connectivity index (χ3n) is 4.03. The summed E-state index contributed by atoms with van der Waals surface area (Å²) < 4.78 is 0. The molecule has 2 rings (SSSR count). The lowest BCUT2D eigenvalue weighted by molar-refractivity contribution is 0.185. The third kappa shape index (κ3) is 3.40. The molecule has 1 aromatic rings. The van der Waals surface area contributed by atoms with Crippen LogP contribution in [-0.2, 0) is 6.42 Å². The zero-order valence-corrected chi connectivity index (χ0v) is 12.4. The van der Waals surface area contributed by atoms with Gasteiger partial charge in [0, 0.05) is 6.54 Å². The first-order chi connectivity index (χ1) is 8.65. The molecule has 1 nitrogen and oxygen atoms in total. The second kappa shape index (κ2) is 6.27. The van der Waals surface area contributed by atoms with Gasteiger partial charge < -0.3 is 5.32 Å². The minimum atomic E-state index is 0.407. The quantitative estimate of drug-likeness (QED) is 0.845. The first-order valence-corrected chi connectivity index (χ1v) is 7.49. The van der Waals surface area contributed by atoms with Crippen molar-refractivity contribution in [2.45, 2.75) is 38.5 Å². The van der Waals surface area contributed by atoms with Crippen molar-refractivity contribution >= 4 is 23.2 Å². The van der Waals surface area contributed by atoms with E-state index in [9.17, 15) is 0 Å². The topological polar surface area (TPSA) is 12.0 Å². The molecular weight excluding hydrogens is 265 g/mol. The molecule has 0 bridgehead atoms. The summed E-state index contributed by atoms with van der Waals surface area (Å²) >= 11 is 12.1. The number of rotatable bonds is 4. The lowest BCUT2D eigenvalue weighted by Gasteiger charge is -2.37.